The molecule has 3 aromatic rings. The van der Waals surface area contributed by atoms with Gasteiger partial charge in [0.05, 0.1) is 6.21 Å². The average molecular weight is 319 g/mol. The van der Waals surface area contributed by atoms with Crippen LogP contribution < -0.4 is 5.43 Å². The minimum atomic E-state index is -0.193. The third kappa shape index (κ3) is 2.83. The third-order valence-electron chi connectivity index (χ3n) is 4.35. The normalized spacial score (nSPS) is 11.3. The molecule has 1 N–H and O–H groups in total. The SMILES string of the molecule is CCn1c(C)c(/C=N\NC(=O)c2ccccc2C)c2ccccc21. The van der Waals surface area contributed by atoms with Gasteiger partial charge in [0.15, 0.2) is 0 Å². The lowest BCUT2D eigenvalue weighted by Gasteiger charge is -2.04. The average Bonchev–Trinajstić information content (AvgIpc) is 2.86. The molecule has 4 heteroatoms. The molecule has 0 aliphatic carbocycles. The highest BCUT2D eigenvalue weighted by atomic mass is 16.2. The van der Waals surface area contributed by atoms with Crippen LogP contribution in [0.5, 0.6) is 0 Å². The molecule has 0 unspecified atom stereocenters. The van der Waals surface area contributed by atoms with Gasteiger partial charge < -0.3 is 4.57 Å². The lowest BCUT2D eigenvalue weighted by atomic mass is 10.1. The molecule has 24 heavy (non-hydrogen) atoms. The number of aromatic nitrogens is 1. The van der Waals surface area contributed by atoms with Gasteiger partial charge in [-0.15, -0.1) is 0 Å². The predicted molar refractivity (Wildman–Crippen MR) is 98.6 cm³/mol. The molecule has 1 aromatic heterocycles. The molecule has 4 nitrogen and oxygen atoms in total. The van der Waals surface area contributed by atoms with Gasteiger partial charge in [-0.3, -0.25) is 4.79 Å². The fourth-order valence-corrected chi connectivity index (χ4v) is 3.07. The summed E-state index contributed by atoms with van der Waals surface area (Å²) in [5, 5.41) is 5.32. The van der Waals surface area contributed by atoms with Crippen molar-refractivity contribution in [3.05, 3.63) is 70.9 Å². The summed E-state index contributed by atoms with van der Waals surface area (Å²) in [7, 11) is 0. The Hall–Kier alpha value is -2.88. The van der Waals surface area contributed by atoms with Crippen molar-refractivity contribution < 1.29 is 4.79 Å². The minimum absolute atomic E-state index is 0.193. The molecule has 2 aromatic carbocycles. The van der Waals surface area contributed by atoms with Crippen molar-refractivity contribution in [2.24, 2.45) is 5.10 Å². The Morgan fingerprint density at radius 3 is 2.58 bits per heavy atom. The first-order valence-corrected chi connectivity index (χ1v) is 8.10. The molecule has 1 heterocycles. The highest BCUT2D eigenvalue weighted by Gasteiger charge is 2.11. The maximum absolute atomic E-state index is 12.2. The third-order valence-corrected chi connectivity index (χ3v) is 4.35. The van der Waals surface area contributed by atoms with Gasteiger partial charge in [-0.2, -0.15) is 5.10 Å². The maximum atomic E-state index is 12.2. The molecule has 0 aliphatic rings. The van der Waals surface area contributed by atoms with Crippen molar-refractivity contribution in [3.8, 4) is 0 Å². The number of hydrogen-bond donors (Lipinski definition) is 1. The zero-order chi connectivity index (χ0) is 17.1. The fraction of sp³-hybridized carbons (Fsp3) is 0.200. The van der Waals surface area contributed by atoms with Crippen molar-refractivity contribution in [2.75, 3.05) is 0 Å². The van der Waals surface area contributed by atoms with Crippen LogP contribution in [0.4, 0.5) is 0 Å². The number of carbonyl (C=O) groups excluding carboxylic acids is 1. The fourth-order valence-electron chi connectivity index (χ4n) is 3.07. The van der Waals surface area contributed by atoms with Gasteiger partial charge in [-0.25, -0.2) is 5.43 Å². The Balaban J connectivity index is 1.88. The molecule has 0 spiro atoms. The molecule has 3 rings (SSSR count). The summed E-state index contributed by atoms with van der Waals surface area (Å²) in [6, 6.07) is 15.7. The second-order valence-corrected chi connectivity index (χ2v) is 5.77. The second-order valence-electron chi connectivity index (χ2n) is 5.77. The van der Waals surface area contributed by atoms with Crippen LogP contribution >= 0.6 is 0 Å². The van der Waals surface area contributed by atoms with Crippen LogP contribution in [-0.4, -0.2) is 16.7 Å². The van der Waals surface area contributed by atoms with E-state index in [1.54, 1.807) is 12.3 Å². The Morgan fingerprint density at radius 2 is 1.83 bits per heavy atom. The first-order chi connectivity index (χ1) is 11.6. The van der Waals surface area contributed by atoms with E-state index in [2.05, 4.69) is 41.1 Å². The summed E-state index contributed by atoms with van der Waals surface area (Å²) in [6.45, 7) is 7.02. The van der Waals surface area contributed by atoms with Gasteiger partial charge >= 0.3 is 0 Å². The van der Waals surface area contributed by atoms with Crippen LogP contribution in [0.15, 0.2) is 53.6 Å². The number of hydrazone groups is 1. The van der Waals surface area contributed by atoms with E-state index in [9.17, 15) is 4.79 Å². The number of fused-ring (bicyclic) bond motifs is 1. The van der Waals surface area contributed by atoms with E-state index in [1.807, 2.05) is 37.3 Å². The molecule has 0 saturated heterocycles. The summed E-state index contributed by atoms with van der Waals surface area (Å²) in [6.07, 6.45) is 1.74. The largest absolute Gasteiger partial charge is 0.344 e. The molecular formula is C20H21N3O. The van der Waals surface area contributed by atoms with Gasteiger partial charge in [0.25, 0.3) is 5.91 Å². The quantitative estimate of drug-likeness (QED) is 0.572. The number of aryl methyl sites for hydroxylation is 2. The number of para-hydroxylation sites is 1. The summed E-state index contributed by atoms with van der Waals surface area (Å²) in [4.78, 5) is 12.2. The smallest absolute Gasteiger partial charge is 0.271 e. The summed E-state index contributed by atoms with van der Waals surface area (Å²) < 4.78 is 2.25. The van der Waals surface area contributed by atoms with E-state index in [0.29, 0.717) is 5.56 Å². The molecule has 0 bridgehead atoms. The van der Waals surface area contributed by atoms with E-state index in [1.165, 1.54) is 5.52 Å². The van der Waals surface area contributed by atoms with E-state index in [-0.39, 0.29) is 5.91 Å². The number of amides is 1. The van der Waals surface area contributed by atoms with Crippen LogP contribution in [0.3, 0.4) is 0 Å². The van der Waals surface area contributed by atoms with Crippen molar-refractivity contribution >= 4 is 23.0 Å². The van der Waals surface area contributed by atoms with Gasteiger partial charge in [0, 0.05) is 34.3 Å². The predicted octanol–water partition coefficient (Wildman–Crippen LogP) is 4.04. The van der Waals surface area contributed by atoms with Crippen molar-refractivity contribution in [1.29, 1.82) is 0 Å². The molecule has 0 radical (unpaired) electrons. The molecule has 0 fully saturated rings. The topological polar surface area (TPSA) is 46.4 Å². The molecular weight excluding hydrogens is 298 g/mol. The summed E-state index contributed by atoms with van der Waals surface area (Å²) >= 11 is 0. The van der Waals surface area contributed by atoms with Crippen LogP contribution in [0.2, 0.25) is 0 Å². The molecule has 0 saturated carbocycles. The molecule has 0 aliphatic heterocycles. The Bertz CT molecular complexity index is 922. The Morgan fingerprint density at radius 1 is 1.12 bits per heavy atom. The number of rotatable bonds is 4. The molecule has 122 valence electrons. The summed E-state index contributed by atoms with van der Waals surface area (Å²) in [5.41, 5.74) is 7.57. The van der Waals surface area contributed by atoms with E-state index >= 15 is 0 Å². The maximum Gasteiger partial charge on any atom is 0.271 e. The van der Waals surface area contributed by atoms with Gasteiger partial charge in [-0.1, -0.05) is 36.4 Å². The van der Waals surface area contributed by atoms with Crippen molar-refractivity contribution in [1.82, 2.24) is 9.99 Å². The van der Waals surface area contributed by atoms with Gasteiger partial charge in [0.2, 0.25) is 0 Å². The summed E-state index contributed by atoms with van der Waals surface area (Å²) in [5.74, 6) is -0.193. The Kier molecular flexibility index (Phi) is 4.47. The van der Waals surface area contributed by atoms with Crippen LogP contribution in [0.1, 0.15) is 34.1 Å². The van der Waals surface area contributed by atoms with Crippen molar-refractivity contribution in [3.63, 3.8) is 0 Å². The molecule has 0 atom stereocenters. The Labute approximate surface area is 141 Å². The van der Waals surface area contributed by atoms with Gasteiger partial charge in [0.1, 0.15) is 0 Å². The van der Waals surface area contributed by atoms with Gasteiger partial charge in [-0.05, 0) is 38.5 Å². The van der Waals surface area contributed by atoms with E-state index in [4.69, 9.17) is 0 Å². The van der Waals surface area contributed by atoms with Crippen molar-refractivity contribution in [2.45, 2.75) is 27.3 Å². The van der Waals surface area contributed by atoms with Crippen LogP contribution in [0, 0.1) is 13.8 Å². The lowest BCUT2D eigenvalue weighted by Crippen LogP contribution is -2.18. The van der Waals surface area contributed by atoms with E-state index in [0.717, 1.165) is 28.8 Å². The first kappa shape index (κ1) is 16.0. The van der Waals surface area contributed by atoms with Crippen LogP contribution in [-0.2, 0) is 6.54 Å². The van der Waals surface area contributed by atoms with Crippen LogP contribution in [0.25, 0.3) is 10.9 Å². The zero-order valence-electron chi connectivity index (χ0n) is 14.2. The minimum Gasteiger partial charge on any atom is -0.344 e. The number of hydrogen-bond acceptors (Lipinski definition) is 2. The number of nitrogens with zero attached hydrogens (tertiary/aromatic N) is 2. The second kappa shape index (κ2) is 6.71. The molecule has 1 amide bonds. The highest BCUT2D eigenvalue weighted by molar-refractivity contribution is 6.02. The number of benzene rings is 2. The monoisotopic (exact) mass is 319 g/mol. The van der Waals surface area contributed by atoms with E-state index < -0.39 is 0 Å². The number of nitrogens with one attached hydrogen (secondary N) is 1. The first-order valence-electron chi connectivity index (χ1n) is 8.10. The zero-order valence-corrected chi connectivity index (χ0v) is 14.2. The lowest BCUT2D eigenvalue weighted by molar-refractivity contribution is 0.0954. The number of carbonyl (C=O) groups is 1. The standard InChI is InChI=1S/C20H21N3O/c1-4-23-15(3)18(17-11-7-8-12-19(17)23)13-21-22-20(24)16-10-6-5-9-14(16)2/h5-13H,4H2,1-3H3,(H,22,24)/b21-13-. The highest BCUT2D eigenvalue weighted by Crippen LogP contribution is 2.24.